The lowest BCUT2D eigenvalue weighted by Crippen LogP contribution is -2.43. The number of aromatic nitrogens is 2. The van der Waals surface area contributed by atoms with Crippen LogP contribution in [0.5, 0.6) is 0 Å². The van der Waals surface area contributed by atoms with E-state index in [0.29, 0.717) is 0 Å². The third-order valence-corrected chi connectivity index (χ3v) is 14.8. The minimum absolute atomic E-state index is 0.557. The Morgan fingerprint density at radius 3 is 1.42 bits per heavy atom. The Hall–Kier alpha value is -8.20. The molecule has 298 valence electrons. The molecule has 2 heterocycles. The SMILES string of the molecule is C=C/C=C\c1cc2ccc(-n3c4ccccc4c4cc5c(cc43)C3(c4ccccc4-c4ccccc43)c3ccccc3C53c4ccccc4-c4ccccc43)cc2n1-c1ccccc1. The van der Waals surface area contributed by atoms with Gasteiger partial charge >= 0.3 is 0 Å². The normalized spacial score (nSPS) is 14.5. The van der Waals surface area contributed by atoms with Crippen molar-refractivity contribution in [2.24, 2.45) is 0 Å². The van der Waals surface area contributed by atoms with E-state index in [1.807, 2.05) is 12.2 Å². The quantitative estimate of drug-likeness (QED) is 0.157. The Bertz CT molecular complexity index is 3720. The summed E-state index contributed by atoms with van der Waals surface area (Å²) in [4.78, 5) is 0. The lowest BCUT2D eigenvalue weighted by Gasteiger charge is -2.49. The Labute approximate surface area is 372 Å². The van der Waals surface area contributed by atoms with Crippen molar-refractivity contribution in [2.75, 3.05) is 0 Å². The number of benzene rings is 9. The second kappa shape index (κ2) is 12.9. The van der Waals surface area contributed by atoms with Crippen molar-refractivity contribution in [1.29, 1.82) is 0 Å². The van der Waals surface area contributed by atoms with Crippen LogP contribution in [0.4, 0.5) is 0 Å². The van der Waals surface area contributed by atoms with Crippen LogP contribution in [0, 0.1) is 0 Å². The zero-order valence-electron chi connectivity index (χ0n) is 35.0. The number of rotatable bonds is 4. The molecule has 2 aromatic heterocycles. The lowest BCUT2D eigenvalue weighted by atomic mass is 9.52. The summed E-state index contributed by atoms with van der Waals surface area (Å²) < 4.78 is 4.89. The first-order valence-electron chi connectivity index (χ1n) is 22.3. The van der Waals surface area contributed by atoms with E-state index in [2.05, 4.69) is 234 Å². The van der Waals surface area contributed by atoms with E-state index in [4.69, 9.17) is 0 Å². The minimum Gasteiger partial charge on any atom is -0.310 e. The first-order chi connectivity index (χ1) is 31.7. The van der Waals surface area contributed by atoms with Crippen molar-refractivity contribution < 1.29 is 0 Å². The zero-order chi connectivity index (χ0) is 42.1. The van der Waals surface area contributed by atoms with E-state index in [1.165, 1.54) is 94.0 Å². The van der Waals surface area contributed by atoms with Gasteiger partial charge in [-0.05, 0) is 121 Å². The Morgan fingerprint density at radius 1 is 0.344 bits per heavy atom. The average molecular weight is 813 g/mol. The molecule has 0 bridgehead atoms. The van der Waals surface area contributed by atoms with Crippen LogP contribution in [0.25, 0.3) is 72.4 Å². The molecule has 0 fully saturated rings. The smallest absolute Gasteiger partial charge is 0.0720 e. The molecule has 0 unspecified atom stereocenters. The molecule has 0 saturated heterocycles. The molecule has 2 nitrogen and oxygen atoms in total. The molecule has 2 spiro atoms. The van der Waals surface area contributed by atoms with Gasteiger partial charge in [-0.1, -0.05) is 183 Å². The molecule has 14 rings (SSSR count). The van der Waals surface area contributed by atoms with E-state index in [-0.39, 0.29) is 0 Å². The van der Waals surface area contributed by atoms with Crippen LogP contribution < -0.4 is 0 Å². The summed E-state index contributed by atoms with van der Waals surface area (Å²) in [7, 11) is 0. The van der Waals surface area contributed by atoms with E-state index < -0.39 is 10.8 Å². The van der Waals surface area contributed by atoms with Gasteiger partial charge in [-0.3, -0.25) is 0 Å². The highest BCUT2D eigenvalue weighted by atomic mass is 15.0. The fourth-order valence-electron chi connectivity index (χ4n) is 12.5. The molecule has 3 aliphatic rings. The summed E-state index contributed by atoms with van der Waals surface area (Å²) in [6.45, 7) is 3.98. The van der Waals surface area contributed by atoms with Crippen LogP contribution >= 0.6 is 0 Å². The van der Waals surface area contributed by atoms with Gasteiger partial charge in [-0.2, -0.15) is 0 Å². The molecule has 2 heteroatoms. The van der Waals surface area contributed by atoms with Crippen molar-refractivity contribution in [3.8, 4) is 33.6 Å². The van der Waals surface area contributed by atoms with Gasteiger partial charge in [-0.25, -0.2) is 0 Å². The highest BCUT2D eigenvalue weighted by Gasteiger charge is 2.59. The van der Waals surface area contributed by atoms with Crippen molar-refractivity contribution in [3.63, 3.8) is 0 Å². The molecule has 9 aromatic carbocycles. The summed E-state index contributed by atoms with van der Waals surface area (Å²) in [5.41, 5.74) is 21.7. The Balaban J connectivity index is 1.17. The second-order valence-electron chi connectivity index (χ2n) is 17.6. The maximum absolute atomic E-state index is 3.98. The molecule has 0 atom stereocenters. The molecule has 11 aromatic rings. The van der Waals surface area contributed by atoms with E-state index in [0.717, 1.165) is 22.6 Å². The largest absolute Gasteiger partial charge is 0.310 e. The van der Waals surface area contributed by atoms with Crippen LogP contribution in [0.2, 0.25) is 0 Å². The molecule has 0 N–H and O–H groups in total. The lowest BCUT2D eigenvalue weighted by molar-refractivity contribution is 0.634. The maximum atomic E-state index is 3.98. The van der Waals surface area contributed by atoms with Gasteiger partial charge in [0, 0.05) is 33.2 Å². The number of allylic oxidation sites excluding steroid dienone is 2. The number of hydrogen-bond donors (Lipinski definition) is 0. The van der Waals surface area contributed by atoms with Crippen molar-refractivity contribution in [3.05, 3.63) is 281 Å². The fourth-order valence-corrected chi connectivity index (χ4v) is 12.5. The fraction of sp³-hybridized carbons (Fsp3) is 0.0323. The van der Waals surface area contributed by atoms with Crippen LogP contribution in [0.3, 0.4) is 0 Å². The highest BCUT2D eigenvalue weighted by Crippen LogP contribution is 2.68. The summed E-state index contributed by atoms with van der Waals surface area (Å²) in [5.74, 6) is 0. The Kier molecular flexibility index (Phi) is 7.15. The topological polar surface area (TPSA) is 9.86 Å². The van der Waals surface area contributed by atoms with Crippen LogP contribution in [0.1, 0.15) is 50.2 Å². The molecule has 0 aliphatic heterocycles. The number of hydrogen-bond acceptors (Lipinski definition) is 0. The molecule has 3 aliphatic carbocycles. The van der Waals surface area contributed by atoms with Gasteiger partial charge in [-0.15, -0.1) is 0 Å². The molecule has 0 amide bonds. The van der Waals surface area contributed by atoms with Gasteiger partial charge in [0.2, 0.25) is 0 Å². The van der Waals surface area contributed by atoms with Crippen LogP contribution in [-0.4, -0.2) is 9.13 Å². The molecular formula is C62H40N2. The number of para-hydroxylation sites is 2. The summed E-state index contributed by atoms with van der Waals surface area (Å²) in [6.07, 6.45) is 6.01. The molecule has 64 heavy (non-hydrogen) atoms. The van der Waals surface area contributed by atoms with Gasteiger partial charge in [0.25, 0.3) is 0 Å². The van der Waals surface area contributed by atoms with Gasteiger partial charge in [0.1, 0.15) is 0 Å². The standard InChI is InChI=1S/C62H40N2/c1-2-3-19-42-36-40-34-35-43(37-59(40)63(42)41-20-5-4-6-21-41)64-58-33-18-11-26-48(58)49-38-56-57(39-60(49)64)62(52-29-14-9-24-46(52)47-25-10-15-30-53(47)62)55-32-17-16-31-54(55)61(56)50-27-12-7-22-44(50)45-23-8-13-28-51(45)61/h2-39H,1H2/b19-3-. The summed E-state index contributed by atoms with van der Waals surface area (Å²) >= 11 is 0. The van der Waals surface area contributed by atoms with Gasteiger partial charge < -0.3 is 9.13 Å². The van der Waals surface area contributed by atoms with Gasteiger partial charge in [0.05, 0.1) is 27.4 Å². The Morgan fingerprint density at radius 2 is 0.844 bits per heavy atom. The van der Waals surface area contributed by atoms with Crippen molar-refractivity contribution >= 4 is 38.8 Å². The predicted molar refractivity (Wildman–Crippen MR) is 265 cm³/mol. The number of nitrogens with zero attached hydrogens (tertiary/aromatic N) is 2. The number of fused-ring (bicyclic) bond motifs is 20. The monoisotopic (exact) mass is 812 g/mol. The third-order valence-electron chi connectivity index (χ3n) is 14.8. The molecule has 0 radical (unpaired) electrons. The van der Waals surface area contributed by atoms with E-state index in [9.17, 15) is 0 Å². The molecule has 0 saturated carbocycles. The predicted octanol–water partition coefficient (Wildman–Crippen LogP) is 15.0. The zero-order valence-corrected chi connectivity index (χ0v) is 35.0. The molecular weight excluding hydrogens is 773 g/mol. The van der Waals surface area contributed by atoms with Crippen LogP contribution in [-0.2, 0) is 10.8 Å². The maximum Gasteiger partial charge on any atom is 0.0720 e. The first-order valence-corrected chi connectivity index (χ1v) is 22.3. The summed E-state index contributed by atoms with van der Waals surface area (Å²) in [6, 6.07) is 80.3. The third kappa shape index (κ3) is 4.30. The second-order valence-corrected chi connectivity index (χ2v) is 17.6. The summed E-state index contributed by atoms with van der Waals surface area (Å²) in [5, 5.41) is 3.67. The van der Waals surface area contributed by atoms with Crippen LogP contribution in [0.15, 0.2) is 231 Å². The highest BCUT2D eigenvalue weighted by molar-refractivity contribution is 6.11. The van der Waals surface area contributed by atoms with Gasteiger partial charge in [0.15, 0.2) is 0 Å². The minimum atomic E-state index is -0.579. The van der Waals surface area contributed by atoms with E-state index >= 15 is 0 Å². The van der Waals surface area contributed by atoms with E-state index in [1.54, 1.807) is 0 Å². The van der Waals surface area contributed by atoms with Crippen molar-refractivity contribution in [1.82, 2.24) is 9.13 Å². The average Bonchev–Trinajstić information content (AvgIpc) is 4.07. The first kappa shape index (κ1) is 35.4. The van der Waals surface area contributed by atoms with Crippen molar-refractivity contribution in [2.45, 2.75) is 10.8 Å².